The molecule has 1 saturated carbocycles. The van der Waals surface area contributed by atoms with Crippen LogP contribution in [0.3, 0.4) is 0 Å². The van der Waals surface area contributed by atoms with Gasteiger partial charge in [-0.3, -0.25) is 0 Å². The molecule has 1 atom stereocenters. The fourth-order valence-electron chi connectivity index (χ4n) is 2.89. The first kappa shape index (κ1) is 16.6. The van der Waals surface area contributed by atoms with Gasteiger partial charge in [-0.1, -0.05) is 0 Å². The second-order valence-corrected chi connectivity index (χ2v) is 7.22. The van der Waals surface area contributed by atoms with Crippen LogP contribution < -0.4 is 0 Å². The number of ether oxygens (including phenoxy) is 1. The van der Waals surface area contributed by atoms with Gasteiger partial charge in [0.25, 0.3) is 0 Å². The zero-order chi connectivity index (χ0) is 17.2. The summed E-state index contributed by atoms with van der Waals surface area (Å²) in [7, 11) is 0. The van der Waals surface area contributed by atoms with Crippen molar-refractivity contribution in [2.75, 3.05) is 12.9 Å². The van der Waals surface area contributed by atoms with Crippen LogP contribution in [0.5, 0.6) is 0 Å². The van der Waals surface area contributed by atoms with Crippen LogP contribution in [0, 0.1) is 0 Å². The van der Waals surface area contributed by atoms with Gasteiger partial charge in [-0.15, -0.1) is 11.8 Å². The molecule has 1 N–H and O–H groups in total. The number of pyridine rings is 1. The fourth-order valence-corrected chi connectivity index (χ4v) is 3.30. The Bertz CT molecular complexity index is 859. The zero-order valence-corrected chi connectivity index (χ0v) is 14.9. The Hall–Kier alpha value is -1.89. The molecular weight excluding hydrogens is 334 g/mol. The van der Waals surface area contributed by atoms with Crippen LogP contribution in [0.2, 0.25) is 0 Å². The van der Waals surface area contributed by atoms with Crippen LogP contribution in [-0.2, 0) is 4.74 Å². The molecule has 0 radical (unpaired) electrons. The van der Waals surface area contributed by atoms with Crippen LogP contribution in [0.1, 0.15) is 30.9 Å². The summed E-state index contributed by atoms with van der Waals surface area (Å²) in [4.78, 5) is 5.74. The normalized spacial score (nSPS) is 16.1. The van der Waals surface area contributed by atoms with Crippen LogP contribution in [0.15, 0.2) is 47.6 Å². The molecule has 3 aromatic rings. The topological polar surface area (TPSA) is 60.2 Å². The number of aliphatic hydroxyl groups is 1. The molecule has 0 aliphatic heterocycles. The lowest BCUT2D eigenvalue weighted by atomic mass is 9.96. The molecule has 0 spiro atoms. The molecule has 2 heterocycles. The molecule has 1 aliphatic rings. The minimum atomic E-state index is -0.651. The van der Waals surface area contributed by atoms with E-state index in [1.807, 2.05) is 22.9 Å². The first-order valence-electron chi connectivity index (χ1n) is 8.52. The lowest BCUT2D eigenvalue weighted by molar-refractivity contribution is -0.0427. The average molecular weight is 355 g/mol. The molecule has 6 heteroatoms. The Morgan fingerprint density at radius 1 is 1.28 bits per heavy atom. The Morgan fingerprint density at radius 3 is 2.76 bits per heavy atom. The molecule has 130 valence electrons. The van der Waals surface area contributed by atoms with Gasteiger partial charge in [0.05, 0.1) is 24.6 Å². The highest BCUT2D eigenvalue weighted by Crippen LogP contribution is 2.25. The summed E-state index contributed by atoms with van der Waals surface area (Å²) in [5.41, 5.74) is 2.53. The summed E-state index contributed by atoms with van der Waals surface area (Å²) in [5, 5.41) is 15.7. The molecule has 25 heavy (non-hydrogen) atoms. The molecule has 1 aromatic carbocycles. The highest BCUT2D eigenvalue weighted by molar-refractivity contribution is 7.98. The van der Waals surface area contributed by atoms with E-state index in [-0.39, 0.29) is 0 Å². The second-order valence-electron chi connectivity index (χ2n) is 6.34. The average Bonchev–Trinajstić information content (AvgIpc) is 3.03. The summed E-state index contributed by atoms with van der Waals surface area (Å²) in [5.74, 6) is 0. The molecule has 5 nitrogen and oxygen atoms in total. The minimum absolute atomic E-state index is 0.318. The number of aliphatic hydroxyl groups excluding tert-OH is 1. The van der Waals surface area contributed by atoms with Crippen molar-refractivity contribution < 1.29 is 9.84 Å². The van der Waals surface area contributed by atoms with E-state index < -0.39 is 6.10 Å². The van der Waals surface area contributed by atoms with Gasteiger partial charge in [-0.25, -0.2) is 9.67 Å². The van der Waals surface area contributed by atoms with Gasteiger partial charge in [0.15, 0.2) is 5.65 Å². The van der Waals surface area contributed by atoms with E-state index in [0.717, 1.165) is 35.1 Å². The number of benzene rings is 1. The van der Waals surface area contributed by atoms with Crippen molar-refractivity contribution in [1.82, 2.24) is 14.8 Å². The van der Waals surface area contributed by atoms with Gasteiger partial charge in [-0.05, 0) is 55.9 Å². The monoisotopic (exact) mass is 355 g/mol. The number of rotatable bonds is 6. The van der Waals surface area contributed by atoms with E-state index in [9.17, 15) is 5.11 Å². The Labute approximate surface area is 151 Å². The number of hydrogen-bond donors (Lipinski definition) is 1. The van der Waals surface area contributed by atoms with Crippen LogP contribution >= 0.6 is 11.8 Å². The Morgan fingerprint density at radius 2 is 2.08 bits per heavy atom. The van der Waals surface area contributed by atoms with Gasteiger partial charge >= 0.3 is 0 Å². The number of nitrogens with zero attached hydrogens (tertiary/aromatic N) is 3. The van der Waals surface area contributed by atoms with Gasteiger partial charge < -0.3 is 9.84 Å². The van der Waals surface area contributed by atoms with Gasteiger partial charge in [0, 0.05) is 22.0 Å². The smallest absolute Gasteiger partial charge is 0.162 e. The van der Waals surface area contributed by atoms with E-state index in [0.29, 0.717) is 12.7 Å². The van der Waals surface area contributed by atoms with E-state index in [1.165, 1.54) is 11.3 Å². The van der Waals surface area contributed by atoms with E-state index in [1.54, 1.807) is 24.2 Å². The predicted molar refractivity (Wildman–Crippen MR) is 99.2 cm³/mol. The Kier molecular flexibility index (Phi) is 4.74. The maximum absolute atomic E-state index is 10.3. The predicted octanol–water partition coefficient (Wildman–Crippen LogP) is 3.74. The van der Waals surface area contributed by atoms with Gasteiger partial charge in [0.2, 0.25) is 0 Å². The number of aromatic nitrogens is 3. The lowest BCUT2D eigenvalue weighted by Gasteiger charge is -2.26. The van der Waals surface area contributed by atoms with Gasteiger partial charge in [0.1, 0.15) is 6.10 Å². The fraction of sp³-hybridized carbons (Fsp3) is 0.368. The standard InChI is InChI=1S/C19H21N3O2S/c1-25-17-7-5-15(6-8-17)22-19-14(11-21-22)9-13(10-20-19)18(23)12-24-16-3-2-4-16/h5-11,16,18,23H,2-4,12H2,1H3/t18-/m1/s1. The first-order valence-corrected chi connectivity index (χ1v) is 9.75. The summed E-state index contributed by atoms with van der Waals surface area (Å²) < 4.78 is 7.52. The quantitative estimate of drug-likeness (QED) is 0.683. The van der Waals surface area contributed by atoms with Crippen molar-refractivity contribution in [2.45, 2.75) is 36.4 Å². The highest BCUT2D eigenvalue weighted by atomic mass is 32.2. The number of thioether (sulfide) groups is 1. The van der Waals surface area contributed by atoms with Crippen molar-refractivity contribution in [3.63, 3.8) is 0 Å². The summed E-state index contributed by atoms with van der Waals surface area (Å²) in [6.45, 7) is 0.322. The van der Waals surface area contributed by atoms with Gasteiger partial charge in [-0.2, -0.15) is 5.10 Å². The summed E-state index contributed by atoms with van der Waals surface area (Å²) >= 11 is 1.71. The molecule has 1 aliphatic carbocycles. The van der Waals surface area contributed by atoms with E-state index in [2.05, 4.69) is 28.5 Å². The SMILES string of the molecule is CSc1ccc(-n2ncc3cc([C@H](O)COC4CCC4)cnc32)cc1. The minimum Gasteiger partial charge on any atom is -0.386 e. The molecule has 0 unspecified atom stereocenters. The lowest BCUT2D eigenvalue weighted by Crippen LogP contribution is -2.24. The third-order valence-electron chi connectivity index (χ3n) is 4.67. The number of fused-ring (bicyclic) bond motifs is 1. The molecule has 0 amide bonds. The first-order chi connectivity index (χ1) is 12.2. The molecule has 0 saturated heterocycles. The molecule has 2 aromatic heterocycles. The highest BCUT2D eigenvalue weighted by Gasteiger charge is 2.20. The van der Waals surface area contributed by atoms with Crippen LogP contribution in [0.25, 0.3) is 16.7 Å². The zero-order valence-electron chi connectivity index (χ0n) is 14.1. The maximum Gasteiger partial charge on any atom is 0.162 e. The molecule has 4 rings (SSSR count). The molecule has 1 fully saturated rings. The van der Waals surface area contributed by atoms with Crippen molar-refractivity contribution in [3.05, 3.63) is 48.3 Å². The molecule has 0 bridgehead atoms. The molecular formula is C19H21N3O2S. The van der Waals surface area contributed by atoms with Crippen LogP contribution in [-0.4, -0.2) is 38.8 Å². The third-order valence-corrected chi connectivity index (χ3v) is 5.42. The Balaban J connectivity index is 1.55. The van der Waals surface area contributed by atoms with Crippen LogP contribution in [0.4, 0.5) is 0 Å². The van der Waals surface area contributed by atoms with Crippen molar-refractivity contribution >= 4 is 22.8 Å². The maximum atomic E-state index is 10.3. The number of hydrogen-bond acceptors (Lipinski definition) is 5. The summed E-state index contributed by atoms with van der Waals surface area (Å²) in [6.07, 6.45) is 8.66. The van der Waals surface area contributed by atoms with E-state index >= 15 is 0 Å². The third kappa shape index (κ3) is 3.42. The largest absolute Gasteiger partial charge is 0.386 e. The van der Waals surface area contributed by atoms with Crippen molar-refractivity contribution in [3.8, 4) is 5.69 Å². The summed E-state index contributed by atoms with van der Waals surface area (Å²) in [6, 6.07) is 10.2. The second kappa shape index (κ2) is 7.15. The van der Waals surface area contributed by atoms with Crippen molar-refractivity contribution in [1.29, 1.82) is 0 Å². The van der Waals surface area contributed by atoms with Crippen molar-refractivity contribution in [2.24, 2.45) is 0 Å². The van der Waals surface area contributed by atoms with E-state index in [4.69, 9.17) is 4.74 Å².